The number of nitrogens with zero attached hydrogens (tertiary/aromatic N) is 2. The van der Waals surface area contributed by atoms with Crippen LogP contribution >= 0.6 is 11.3 Å². The fourth-order valence-corrected chi connectivity index (χ4v) is 3.61. The Hall–Kier alpha value is -1.65. The van der Waals surface area contributed by atoms with Gasteiger partial charge in [0.15, 0.2) is 11.5 Å². The van der Waals surface area contributed by atoms with E-state index in [0.717, 1.165) is 43.0 Å². The molecule has 0 amide bonds. The van der Waals surface area contributed by atoms with Crippen LogP contribution in [0.3, 0.4) is 0 Å². The van der Waals surface area contributed by atoms with E-state index < -0.39 is 0 Å². The van der Waals surface area contributed by atoms with Gasteiger partial charge in [-0.1, -0.05) is 18.2 Å². The number of fused-ring (bicyclic) bond motifs is 1. The standard InChI is InChI=1S/C16H16N2OS/c1-2-6-15-14(5-1)17-16(19-15)12-7-8-18(10-12)11-13-4-3-9-20-13/h1-6,9,12H,7-8,10-11H2/t12-/m0/s1. The van der Waals surface area contributed by atoms with E-state index in [1.807, 2.05) is 35.6 Å². The number of oxazole rings is 1. The van der Waals surface area contributed by atoms with E-state index in [1.54, 1.807) is 0 Å². The van der Waals surface area contributed by atoms with Gasteiger partial charge in [-0.15, -0.1) is 11.3 Å². The molecule has 0 radical (unpaired) electrons. The van der Waals surface area contributed by atoms with E-state index in [1.165, 1.54) is 4.88 Å². The molecular weight excluding hydrogens is 268 g/mol. The number of rotatable bonds is 3. The highest BCUT2D eigenvalue weighted by molar-refractivity contribution is 7.09. The highest BCUT2D eigenvalue weighted by Crippen LogP contribution is 2.30. The zero-order valence-corrected chi connectivity index (χ0v) is 12.0. The maximum atomic E-state index is 5.90. The first-order chi connectivity index (χ1) is 9.88. The van der Waals surface area contributed by atoms with Crippen molar-refractivity contribution in [1.82, 2.24) is 9.88 Å². The van der Waals surface area contributed by atoms with Crippen molar-refractivity contribution >= 4 is 22.4 Å². The van der Waals surface area contributed by atoms with Gasteiger partial charge in [-0.05, 0) is 36.5 Å². The van der Waals surface area contributed by atoms with Crippen molar-refractivity contribution in [2.24, 2.45) is 0 Å². The first-order valence-corrected chi connectivity index (χ1v) is 7.87. The van der Waals surface area contributed by atoms with Crippen molar-refractivity contribution in [3.63, 3.8) is 0 Å². The van der Waals surface area contributed by atoms with E-state index in [0.29, 0.717) is 5.92 Å². The molecule has 102 valence electrons. The lowest BCUT2D eigenvalue weighted by molar-refractivity contribution is 0.323. The molecule has 0 aliphatic carbocycles. The molecule has 1 fully saturated rings. The molecule has 2 aromatic heterocycles. The number of likely N-dealkylation sites (tertiary alicyclic amines) is 1. The Balaban J connectivity index is 1.50. The van der Waals surface area contributed by atoms with Crippen molar-refractivity contribution in [3.8, 4) is 0 Å². The SMILES string of the molecule is c1csc(CN2CC[C@H](c3nc4ccccc4o3)C2)c1. The van der Waals surface area contributed by atoms with Crippen LogP contribution in [-0.2, 0) is 6.54 Å². The molecule has 1 saturated heterocycles. The predicted molar refractivity (Wildman–Crippen MR) is 81.0 cm³/mol. The second-order valence-electron chi connectivity index (χ2n) is 5.32. The summed E-state index contributed by atoms with van der Waals surface area (Å²) in [6, 6.07) is 12.3. The summed E-state index contributed by atoms with van der Waals surface area (Å²) in [5.41, 5.74) is 1.87. The molecule has 0 N–H and O–H groups in total. The smallest absolute Gasteiger partial charge is 0.199 e. The Morgan fingerprint density at radius 1 is 1.25 bits per heavy atom. The van der Waals surface area contributed by atoms with Gasteiger partial charge >= 0.3 is 0 Å². The number of hydrogen-bond acceptors (Lipinski definition) is 4. The molecule has 1 aliphatic rings. The molecule has 0 bridgehead atoms. The average molecular weight is 284 g/mol. The summed E-state index contributed by atoms with van der Waals surface area (Å²) in [5.74, 6) is 1.34. The molecule has 1 aliphatic heterocycles. The quantitative estimate of drug-likeness (QED) is 0.731. The minimum Gasteiger partial charge on any atom is -0.440 e. The molecule has 3 heterocycles. The Labute approximate surface area is 121 Å². The van der Waals surface area contributed by atoms with Crippen LogP contribution in [0.4, 0.5) is 0 Å². The van der Waals surface area contributed by atoms with Crippen LogP contribution in [0.2, 0.25) is 0 Å². The van der Waals surface area contributed by atoms with Crippen LogP contribution in [0.5, 0.6) is 0 Å². The van der Waals surface area contributed by atoms with Crippen LogP contribution < -0.4 is 0 Å². The second-order valence-corrected chi connectivity index (χ2v) is 6.35. The van der Waals surface area contributed by atoms with Crippen molar-refractivity contribution < 1.29 is 4.42 Å². The number of thiophene rings is 1. The van der Waals surface area contributed by atoms with Gasteiger partial charge in [0.25, 0.3) is 0 Å². The van der Waals surface area contributed by atoms with Gasteiger partial charge in [-0.2, -0.15) is 0 Å². The molecule has 3 nitrogen and oxygen atoms in total. The van der Waals surface area contributed by atoms with Crippen molar-refractivity contribution in [2.45, 2.75) is 18.9 Å². The third kappa shape index (κ3) is 2.25. The lowest BCUT2D eigenvalue weighted by Gasteiger charge is -2.13. The predicted octanol–water partition coefficient (Wildman–Crippen LogP) is 3.88. The fraction of sp³-hybridized carbons (Fsp3) is 0.312. The zero-order valence-electron chi connectivity index (χ0n) is 11.2. The molecule has 0 spiro atoms. The number of benzene rings is 1. The average Bonchev–Trinajstić information content (AvgIpc) is 3.18. The minimum atomic E-state index is 0.433. The first kappa shape index (κ1) is 12.1. The topological polar surface area (TPSA) is 29.3 Å². The Bertz CT molecular complexity index is 671. The maximum Gasteiger partial charge on any atom is 0.199 e. The third-order valence-electron chi connectivity index (χ3n) is 3.89. The van der Waals surface area contributed by atoms with Crippen molar-refractivity contribution in [1.29, 1.82) is 0 Å². The highest BCUT2D eigenvalue weighted by atomic mass is 32.1. The lowest BCUT2D eigenvalue weighted by Crippen LogP contribution is -2.19. The van der Waals surface area contributed by atoms with Gasteiger partial charge in [0.05, 0.1) is 0 Å². The fourth-order valence-electron chi connectivity index (χ4n) is 2.87. The van der Waals surface area contributed by atoms with Gasteiger partial charge in [0.2, 0.25) is 0 Å². The molecule has 0 saturated carbocycles. The molecule has 1 aromatic carbocycles. The van der Waals surface area contributed by atoms with Gasteiger partial charge in [-0.25, -0.2) is 4.98 Å². The third-order valence-corrected chi connectivity index (χ3v) is 4.75. The monoisotopic (exact) mass is 284 g/mol. The molecular formula is C16H16N2OS. The van der Waals surface area contributed by atoms with Crippen LogP contribution in [0, 0.1) is 0 Å². The molecule has 20 heavy (non-hydrogen) atoms. The largest absolute Gasteiger partial charge is 0.440 e. The number of para-hydroxylation sites is 2. The van der Waals surface area contributed by atoms with Crippen LogP contribution in [-0.4, -0.2) is 23.0 Å². The van der Waals surface area contributed by atoms with Crippen molar-refractivity contribution in [3.05, 3.63) is 52.5 Å². The summed E-state index contributed by atoms with van der Waals surface area (Å²) < 4.78 is 5.90. The summed E-state index contributed by atoms with van der Waals surface area (Å²) in [7, 11) is 0. The Kier molecular flexibility index (Phi) is 3.05. The van der Waals surface area contributed by atoms with E-state index in [9.17, 15) is 0 Å². The summed E-state index contributed by atoms with van der Waals surface area (Å²) in [6.45, 7) is 3.22. The Morgan fingerprint density at radius 2 is 2.20 bits per heavy atom. The summed E-state index contributed by atoms with van der Waals surface area (Å²) in [4.78, 5) is 8.56. The van der Waals surface area contributed by atoms with Gasteiger partial charge in [0, 0.05) is 23.9 Å². The molecule has 4 rings (SSSR count). The van der Waals surface area contributed by atoms with E-state index in [4.69, 9.17) is 4.42 Å². The van der Waals surface area contributed by atoms with E-state index in [2.05, 4.69) is 27.4 Å². The minimum absolute atomic E-state index is 0.433. The number of aromatic nitrogens is 1. The lowest BCUT2D eigenvalue weighted by atomic mass is 10.1. The van der Waals surface area contributed by atoms with Crippen LogP contribution in [0.25, 0.3) is 11.1 Å². The molecule has 4 heteroatoms. The van der Waals surface area contributed by atoms with Crippen molar-refractivity contribution in [2.75, 3.05) is 13.1 Å². The van der Waals surface area contributed by atoms with Crippen LogP contribution in [0.15, 0.2) is 46.2 Å². The molecule has 1 atom stereocenters. The normalized spacial score (nSPS) is 19.9. The maximum absolute atomic E-state index is 5.90. The van der Waals surface area contributed by atoms with Gasteiger partial charge < -0.3 is 4.42 Å². The number of hydrogen-bond donors (Lipinski definition) is 0. The van der Waals surface area contributed by atoms with E-state index in [-0.39, 0.29) is 0 Å². The van der Waals surface area contributed by atoms with Gasteiger partial charge in [0.1, 0.15) is 5.52 Å². The molecule has 3 aromatic rings. The second kappa shape index (κ2) is 5.04. The first-order valence-electron chi connectivity index (χ1n) is 6.99. The zero-order chi connectivity index (χ0) is 13.4. The van der Waals surface area contributed by atoms with Gasteiger partial charge in [-0.3, -0.25) is 4.90 Å². The van der Waals surface area contributed by atoms with Crippen LogP contribution in [0.1, 0.15) is 23.1 Å². The Morgan fingerprint density at radius 3 is 3.05 bits per heavy atom. The molecule has 0 unspecified atom stereocenters. The highest BCUT2D eigenvalue weighted by Gasteiger charge is 2.27. The summed E-state index contributed by atoms with van der Waals surface area (Å²) >= 11 is 1.83. The van der Waals surface area contributed by atoms with E-state index >= 15 is 0 Å². The summed E-state index contributed by atoms with van der Waals surface area (Å²) in [6.07, 6.45) is 1.14. The summed E-state index contributed by atoms with van der Waals surface area (Å²) in [5, 5.41) is 2.14.